The summed E-state index contributed by atoms with van der Waals surface area (Å²) in [6.07, 6.45) is 0. The Morgan fingerprint density at radius 1 is 1.00 bits per heavy atom. The molecule has 1 fully saturated rings. The molecule has 7 nitrogen and oxygen atoms in total. The van der Waals surface area contributed by atoms with Gasteiger partial charge >= 0.3 is 0 Å². The van der Waals surface area contributed by atoms with Crippen molar-refractivity contribution < 1.29 is 17.7 Å². The molecule has 0 bridgehead atoms. The van der Waals surface area contributed by atoms with E-state index in [-0.39, 0.29) is 52.5 Å². The maximum absolute atomic E-state index is 13.3. The maximum atomic E-state index is 13.3. The van der Waals surface area contributed by atoms with Crippen molar-refractivity contribution in [3.63, 3.8) is 0 Å². The van der Waals surface area contributed by atoms with Crippen molar-refractivity contribution in [2.24, 2.45) is 0 Å². The molecule has 0 saturated carbocycles. The Hall–Kier alpha value is -1.94. The van der Waals surface area contributed by atoms with Crippen molar-refractivity contribution in [3.8, 4) is 0 Å². The van der Waals surface area contributed by atoms with E-state index in [9.17, 15) is 22.9 Å². The van der Waals surface area contributed by atoms with Crippen LogP contribution in [-0.4, -0.2) is 43.8 Å². The summed E-state index contributed by atoms with van der Waals surface area (Å²) in [6, 6.07) is 7.40. The van der Waals surface area contributed by atoms with Gasteiger partial charge in [-0.05, 0) is 30.3 Å². The van der Waals surface area contributed by atoms with Crippen LogP contribution in [0.2, 0.25) is 10.0 Å². The predicted molar refractivity (Wildman–Crippen MR) is 100 cm³/mol. The molecule has 11 heteroatoms. The summed E-state index contributed by atoms with van der Waals surface area (Å²) < 4.78 is 40.1. The molecule has 2 aromatic carbocycles. The van der Waals surface area contributed by atoms with Gasteiger partial charge < -0.3 is 4.90 Å². The molecule has 1 saturated heterocycles. The zero-order valence-corrected chi connectivity index (χ0v) is 16.1. The molecular formula is C16H14Cl2FN3O4S. The molecule has 0 atom stereocenters. The molecule has 0 N–H and O–H groups in total. The molecule has 2 aromatic rings. The minimum atomic E-state index is -3.77. The van der Waals surface area contributed by atoms with Gasteiger partial charge in [0.15, 0.2) is 0 Å². The lowest BCUT2D eigenvalue weighted by atomic mass is 10.2. The van der Waals surface area contributed by atoms with Gasteiger partial charge in [0.05, 0.1) is 25.9 Å². The molecule has 1 aliphatic rings. The highest BCUT2D eigenvalue weighted by atomic mass is 35.5. The van der Waals surface area contributed by atoms with Gasteiger partial charge in [-0.2, -0.15) is 4.31 Å². The van der Waals surface area contributed by atoms with E-state index in [0.717, 1.165) is 12.1 Å². The summed E-state index contributed by atoms with van der Waals surface area (Å²) in [6.45, 7) is 0.703. The van der Waals surface area contributed by atoms with Gasteiger partial charge in [0.1, 0.15) is 11.5 Å². The van der Waals surface area contributed by atoms with E-state index < -0.39 is 20.8 Å². The van der Waals surface area contributed by atoms with Crippen LogP contribution >= 0.6 is 23.2 Å². The Balaban J connectivity index is 1.79. The van der Waals surface area contributed by atoms with Gasteiger partial charge in [-0.3, -0.25) is 10.1 Å². The number of rotatable bonds is 4. The van der Waals surface area contributed by atoms with Crippen LogP contribution in [0, 0.1) is 15.9 Å². The van der Waals surface area contributed by atoms with Crippen LogP contribution in [0.15, 0.2) is 41.3 Å². The van der Waals surface area contributed by atoms with E-state index in [1.165, 1.54) is 28.6 Å². The van der Waals surface area contributed by atoms with E-state index in [1.807, 2.05) is 0 Å². The normalized spacial score (nSPS) is 15.7. The fourth-order valence-electron chi connectivity index (χ4n) is 2.87. The monoisotopic (exact) mass is 433 g/mol. The molecule has 0 radical (unpaired) electrons. The van der Waals surface area contributed by atoms with E-state index >= 15 is 0 Å². The Morgan fingerprint density at radius 3 is 2.26 bits per heavy atom. The number of nitrogens with zero attached hydrogens (tertiary/aromatic N) is 3. The van der Waals surface area contributed by atoms with Gasteiger partial charge in [-0.1, -0.05) is 23.2 Å². The minimum absolute atomic E-state index is 0.0260. The van der Waals surface area contributed by atoms with E-state index in [0.29, 0.717) is 0 Å². The Bertz CT molecular complexity index is 995. The van der Waals surface area contributed by atoms with Crippen molar-refractivity contribution in [2.45, 2.75) is 4.90 Å². The van der Waals surface area contributed by atoms with Crippen molar-refractivity contribution in [3.05, 3.63) is 62.4 Å². The van der Waals surface area contributed by atoms with Gasteiger partial charge in [0, 0.05) is 26.2 Å². The zero-order valence-electron chi connectivity index (χ0n) is 13.8. The highest BCUT2D eigenvalue weighted by molar-refractivity contribution is 7.89. The summed E-state index contributed by atoms with van der Waals surface area (Å²) in [5.74, 6) is -0.703. The number of halogens is 3. The molecule has 144 valence electrons. The first-order valence-electron chi connectivity index (χ1n) is 7.84. The predicted octanol–water partition coefficient (Wildman–Crippen LogP) is 3.55. The standard InChI is InChI=1S/C16H14Cl2FN3O4S/c17-13-3-2-12(10-14(13)18)27(25,26)21-7-5-20(6-8-21)15-4-1-11(19)9-16(15)22(23)24/h1-4,9-10H,5-8H2. The van der Waals surface area contributed by atoms with E-state index in [4.69, 9.17) is 23.2 Å². The summed E-state index contributed by atoms with van der Waals surface area (Å²) in [5, 5.41) is 11.6. The second-order valence-electron chi connectivity index (χ2n) is 5.86. The third-order valence-electron chi connectivity index (χ3n) is 4.24. The lowest BCUT2D eigenvalue weighted by Crippen LogP contribution is -2.48. The maximum Gasteiger partial charge on any atom is 0.295 e. The quantitative estimate of drug-likeness (QED) is 0.543. The molecule has 1 heterocycles. The Kier molecular flexibility index (Phi) is 5.57. The molecule has 3 rings (SSSR count). The molecule has 0 aliphatic carbocycles. The van der Waals surface area contributed by atoms with E-state index in [2.05, 4.69) is 0 Å². The highest BCUT2D eigenvalue weighted by Gasteiger charge is 2.31. The lowest BCUT2D eigenvalue weighted by Gasteiger charge is -2.35. The van der Waals surface area contributed by atoms with Crippen molar-refractivity contribution in [2.75, 3.05) is 31.1 Å². The SMILES string of the molecule is O=[N+]([O-])c1cc(F)ccc1N1CCN(S(=O)(=O)c2ccc(Cl)c(Cl)c2)CC1. The number of benzene rings is 2. The van der Waals surface area contributed by atoms with Crippen LogP contribution in [-0.2, 0) is 10.0 Å². The molecule has 27 heavy (non-hydrogen) atoms. The van der Waals surface area contributed by atoms with Gasteiger partial charge in [0.2, 0.25) is 10.0 Å². The summed E-state index contributed by atoms with van der Waals surface area (Å²) >= 11 is 11.7. The number of hydrogen-bond donors (Lipinski definition) is 0. The third-order valence-corrected chi connectivity index (χ3v) is 6.88. The molecule has 0 aromatic heterocycles. The van der Waals surface area contributed by atoms with Crippen LogP contribution in [0.1, 0.15) is 0 Å². The van der Waals surface area contributed by atoms with Crippen LogP contribution in [0.3, 0.4) is 0 Å². The topological polar surface area (TPSA) is 83.8 Å². The number of sulfonamides is 1. The summed E-state index contributed by atoms with van der Waals surface area (Å²) in [4.78, 5) is 12.2. The van der Waals surface area contributed by atoms with Gasteiger partial charge in [0.25, 0.3) is 5.69 Å². The summed E-state index contributed by atoms with van der Waals surface area (Å²) in [7, 11) is -3.77. The molecular weight excluding hydrogens is 420 g/mol. The average molecular weight is 434 g/mol. The first-order valence-corrected chi connectivity index (χ1v) is 10.0. The first kappa shape index (κ1) is 19.8. The second-order valence-corrected chi connectivity index (χ2v) is 8.61. The lowest BCUT2D eigenvalue weighted by molar-refractivity contribution is -0.384. The minimum Gasteiger partial charge on any atom is -0.363 e. The number of nitro groups is 1. The number of nitro benzene ring substituents is 1. The second kappa shape index (κ2) is 7.59. The van der Waals surface area contributed by atoms with Crippen LogP contribution in [0.5, 0.6) is 0 Å². The largest absolute Gasteiger partial charge is 0.363 e. The zero-order chi connectivity index (χ0) is 19.8. The van der Waals surface area contributed by atoms with Gasteiger partial charge in [-0.25, -0.2) is 12.8 Å². The molecule has 0 unspecified atom stereocenters. The third kappa shape index (κ3) is 4.01. The van der Waals surface area contributed by atoms with Crippen LogP contribution in [0.4, 0.5) is 15.8 Å². The Morgan fingerprint density at radius 2 is 1.67 bits per heavy atom. The smallest absolute Gasteiger partial charge is 0.295 e. The molecule has 0 amide bonds. The van der Waals surface area contributed by atoms with Crippen LogP contribution in [0.25, 0.3) is 0 Å². The first-order chi connectivity index (χ1) is 12.7. The number of hydrogen-bond acceptors (Lipinski definition) is 5. The fraction of sp³-hybridized carbons (Fsp3) is 0.250. The van der Waals surface area contributed by atoms with Crippen molar-refractivity contribution in [1.82, 2.24) is 4.31 Å². The number of anilines is 1. The van der Waals surface area contributed by atoms with Crippen molar-refractivity contribution >= 4 is 44.6 Å². The molecule has 1 aliphatic heterocycles. The van der Waals surface area contributed by atoms with Gasteiger partial charge in [-0.15, -0.1) is 0 Å². The fourth-order valence-corrected chi connectivity index (χ4v) is 4.68. The molecule has 0 spiro atoms. The number of piperazine rings is 1. The van der Waals surface area contributed by atoms with Crippen LogP contribution < -0.4 is 4.90 Å². The van der Waals surface area contributed by atoms with Crippen molar-refractivity contribution in [1.29, 1.82) is 0 Å². The summed E-state index contributed by atoms with van der Waals surface area (Å²) in [5.41, 5.74) is -0.0937. The average Bonchev–Trinajstić information content (AvgIpc) is 2.64. The van der Waals surface area contributed by atoms with E-state index in [1.54, 1.807) is 4.90 Å². The Labute approximate surface area is 165 Å². The highest BCUT2D eigenvalue weighted by Crippen LogP contribution is 2.31.